The molecular weight excluding hydrogens is 296 g/mol. The molecule has 1 saturated carbocycles. The van der Waals surface area contributed by atoms with E-state index in [1.807, 2.05) is 0 Å². The third-order valence-corrected chi connectivity index (χ3v) is 4.28. The summed E-state index contributed by atoms with van der Waals surface area (Å²) in [6.45, 7) is 2.11. The van der Waals surface area contributed by atoms with E-state index in [1.165, 1.54) is 20.6 Å². The number of amides is 2. The average Bonchev–Trinajstić information content (AvgIpc) is 2.56. The molecule has 2 unspecified atom stereocenters. The number of anilines is 1. The van der Waals surface area contributed by atoms with E-state index in [2.05, 4.69) is 17.6 Å². The lowest BCUT2D eigenvalue weighted by molar-refractivity contribution is -0.137. The predicted octanol–water partition coefficient (Wildman–Crippen LogP) is 2.34. The number of carbonyl (C=O) groups is 2. The molecule has 0 bridgehead atoms. The maximum absolute atomic E-state index is 12.1. The van der Waals surface area contributed by atoms with Crippen molar-refractivity contribution in [3.63, 3.8) is 0 Å². The minimum absolute atomic E-state index is 0.0763. The number of hydrogen-bond acceptors (Lipinski definition) is 4. The Morgan fingerprint density at radius 2 is 1.74 bits per heavy atom. The number of benzene rings is 1. The Hall–Kier alpha value is -2.24. The smallest absolute Gasteiger partial charge is 0.313 e. The molecular formula is C17H24N2O4. The van der Waals surface area contributed by atoms with E-state index in [0.29, 0.717) is 23.1 Å². The van der Waals surface area contributed by atoms with Gasteiger partial charge in [-0.2, -0.15) is 0 Å². The van der Waals surface area contributed by atoms with Gasteiger partial charge < -0.3 is 20.1 Å². The minimum Gasteiger partial charge on any atom is -0.493 e. The molecule has 0 aliphatic heterocycles. The monoisotopic (exact) mass is 320 g/mol. The largest absolute Gasteiger partial charge is 0.493 e. The Balaban J connectivity index is 1.96. The second-order valence-electron chi connectivity index (χ2n) is 5.87. The maximum atomic E-state index is 12.1. The van der Waals surface area contributed by atoms with Gasteiger partial charge in [-0.3, -0.25) is 9.59 Å². The van der Waals surface area contributed by atoms with E-state index in [0.717, 1.165) is 19.3 Å². The van der Waals surface area contributed by atoms with E-state index in [4.69, 9.17) is 9.47 Å². The van der Waals surface area contributed by atoms with Gasteiger partial charge in [0.25, 0.3) is 0 Å². The Morgan fingerprint density at radius 1 is 1.04 bits per heavy atom. The van der Waals surface area contributed by atoms with Crippen LogP contribution in [0.5, 0.6) is 11.5 Å². The average molecular weight is 320 g/mol. The molecule has 0 spiro atoms. The topological polar surface area (TPSA) is 76.7 Å². The van der Waals surface area contributed by atoms with Crippen LogP contribution in [-0.2, 0) is 9.59 Å². The van der Waals surface area contributed by atoms with Crippen LogP contribution in [0.4, 0.5) is 5.69 Å². The van der Waals surface area contributed by atoms with Crippen molar-refractivity contribution in [1.82, 2.24) is 5.32 Å². The maximum Gasteiger partial charge on any atom is 0.313 e. The summed E-state index contributed by atoms with van der Waals surface area (Å²) in [6.07, 6.45) is 4.29. The van der Waals surface area contributed by atoms with Crippen LogP contribution in [0.1, 0.15) is 32.6 Å². The first-order valence-electron chi connectivity index (χ1n) is 7.89. The quantitative estimate of drug-likeness (QED) is 0.835. The zero-order valence-corrected chi connectivity index (χ0v) is 13.8. The second kappa shape index (κ2) is 7.85. The summed E-state index contributed by atoms with van der Waals surface area (Å²) in [6, 6.07) is 5.03. The van der Waals surface area contributed by atoms with Gasteiger partial charge in [0, 0.05) is 17.8 Å². The molecule has 23 heavy (non-hydrogen) atoms. The van der Waals surface area contributed by atoms with Crippen molar-refractivity contribution in [3.8, 4) is 11.5 Å². The first-order chi connectivity index (χ1) is 11.0. The molecule has 0 heterocycles. The zero-order chi connectivity index (χ0) is 16.8. The summed E-state index contributed by atoms with van der Waals surface area (Å²) in [5.74, 6) is 0.188. The summed E-state index contributed by atoms with van der Waals surface area (Å²) < 4.78 is 10.3. The summed E-state index contributed by atoms with van der Waals surface area (Å²) in [5, 5.41) is 5.42. The van der Waals surface area contributed by atoms with Crippen molar-refractivity contribution >= 4 is 17.5 Å². The molecule has 2 amide bonds. The fourth-order valence-corrected chi connectivity index (χ4v) is 2.87. The SMILES string of the molecule is COc1ccc(NC(=O)C(=O)NC2CCCCC2C)cc1OC. The molecule has 0 radical (unpaired) electrons. The molecule has 1 aliphatic carbocycles. The zero-order valence-electron chi connectivity index (χ0n) is 13.8. The van der Waals surface area contributed by atoms with Crippen molar-refractivity contribution in [2.45, 2.75) is 38.6 Å². The standard InChI is InChI=1S/C17H24N2O4/c1-11-6-4-5-7-13(11)19-17(21)16(20)18-12-8-9-14(22-2)15(10-12)23-3/h8-11,13H,4-7H2,1-3H3,(H,18,20)(H,19,21). The number of ether oxygens (including phenoxy) is 2. The van der Waals surface area contributed by atoms with Crippen LogP contribution >= 0.6 is 0 Å². The second-order valence-corrected chi connectivity index (χ2v) is 5.87. The lowest BCUT2D eigenvalue weighted by Crippen LogP contribution is -2.45. The number of hydrogen-bond donors (Lipinski definition) is 2. The summed E-state index contributed by atoms with van der Waals surface area (Å²) in [7, 11) is 3.05. The Kier molecular flexibility index (Phi) is 5.84. The number of nitrogens with one attached hydrogen (secondary N) is 2. The third-order valence-electron chi connectivity index (χ3n) is 4.28. The van der Waals surface area contributed by atoms with Crippen molar-refractivity contribution in [3.05, 3.63) is 18.2 Å². The molecule has 1 fully saturated rings. The van der Waals surface area contributed by atoms with E-state index in [9.17, 15) is 9.59 Å². The predicted molar refractivity (Wildman–Crippen MR) is 87.7 cm³/mol. The molecule has 0 aromatic heterocycles. The minimum atomic E-state index is -0.671. The van der Waals surface area contributed by atoms with Gasteiger partial charge in [-0.25, -0.2) is 0 Å². The molecule has 2 atom stereocenters. The fourth-order valence-electron chi connectivity index (χ4n) is 2.87. The highest BCUT2D eigenvalue weighted by molar-refractivity contribution is 6.39. The van der Waals surface area contributed by atoms with Crippen molar-refractivity contribution in [1.29, 1.82) is 0 Å². The normalized spacial score (nSPS) is 20.5. The lowest BCUT2D eigenvalue weighted by Gasteiger charge is -2.29. The molecule has 6 nitrogen and oxygen atoms in total. The van der Waals surface area contributed by atoms with E-state index < -0.39 is 11.8 Å². The molecule has 1 aromatic rings. The Bertz CT molecular complexity index is 574. The highest BCUT2D eigenvalue weighted by Crippen LogP contribution is 2.29. The van der Waals surface area contributed by atoms with Gasteiger partial charge in [0.1, 0.15) is 0 Å². The van der Waals surface area contributed by atoms with Gasteiger partial charge in [-0.1, -0.05) is 19.8 Å². The van der Waals surface area contributed by atoms with Crippen LogP contribution in [0, 0.1) is 5.92 Å². The van der Waals surface area contributed by atoms with E-state index in [1.54, 1.807) is 18.2 Å². The number of rotatable bonds is 4. The molecule has 2 rings (SSSR count). The summed E-state index contributed by atoms with van der Waals surface area (Å²) in [5.41, 5.74) is 0.486. The summed E-state index contributed by atoms with van der Waals surface area (Å²) >= 11 is 0. The third kappa shape index (κ3) is 4.37. The van der Waals surface area contributed by atoms with Crippen molar-refractivity contribution in [2.75, 3.05) is 19.5 Å². The van der Waals surface area contributed by atoms with Gasteiger partial charge in [-0.05, 0) is 30.9 Å². The van der Waals surface area contributed by atoms with E-state index in [-0.39, 0.29) is 6.04 Å². The van der Waals surface area contributed by atoms with Crippen molar-refractivity contribution in [2.24, 2.45) is 5.92 Å². The van der Waals surface area contributed by atoms with Crippen LogP contribution in [-0.4, -0.2) is 32.1 Å². The van der Waals surface area contributed by atoms with Gasteiger partial charge in [0.05, 0.1) is 14.2 Å². The summed E-state index contributed by atoms with van der Waals surface area (Å²) in [4.78, 5) is 24.1. The van der Waals surface area contributed by atoms with Crippen LogP contribution in [0.2, 0.25) is 0 Å². The lowest BCUT2D eigenvalue weighted by atomic mass is 9.86. The van der Waals surface area contributed by atoms with Gasteiger partial charge in [-0.15, -0.1) is 0 Å². The van der Waals surface area contributed by atoms with Crippen molar-refractivity contribution < 1.29 is 19.1 Å². The van der Waals surface area contributed by atoms with Gasteiger partial charge >= 0.3 is 11.8 Å². The van der Waals surface area contributed by atoms with Crippen LogP contribution in [0.25, 0.3) is 0 Å². The molecule has 1 aliphatic rings. The van der Waals surface area contributed by atoms with Crippen LogP contribution < -0.4 is 20.1 Å². The van der Waals surface area contributed by atoms with Crippen LogP contribution in [0.3, 0.4) is 0 Å². The molecule has 6 heteroatoms. The van der Waals surface area contributed by atoms with Gasteiger partial charge in [0.2, 0.25) is 0 Å². The highest BCUT2D eigenvalue weighted by atomic mass is 16.5. The molecule has 1 aromatic carbocycles. The number of carbonyl (C=O) groups excluding carboxylic acids is 2. The Labute approximate surface area is 136 Å². The first kappa shape index (κ1) is 17.1. The fraction of sp³-hybridized carbons (Fsp3) is 0.529. The van der Waals surface area contributed by atoms with E-state index >= 15 is 0 Å². The van der Waals surface area contributed by atoms with Gasteiger partial charge in [0.15, 0.2) is 11.5 Å². The Morgan fingerprint density at radius 3 is 2.39 bits per heavy atom. The molecule has 126 valence electrons. The van der Waals surface area contributed by atoms with Crippen LogP contribution in [0.15, 0.2) is 18.2 Å². The number of methoxy groups -OCH3 is 2. The first-order valence-corrected chi connectivity index (χ1v) is 7.89. The molecule has 0 saturated heterocycles. The highest BCUT2D eigenvalue weighted by Gasteiger charge is 2.25. The molecule has 2 N–H and O–H groups in total.